The van der Waals surface area contributed by atoms with Gasteiger partial charge in [0.15, 0.2) is 0 Å². The monoisotopic (exact) mass is 290 g/mol. The molecule has 0 bridgehead atoms. The molecule has 0 spiro atoms. The van der Waals surface area contributed by atoms with Crippen molar-refractivity contribution >= 4 is 17.7 Å². The SMILES string of the molecule is CC(C)C=Cc1ccc(C(=O)Nc2cccc(C#N)c2)cc1. The molecular formula is C19H18N2O. The van der Waals surface area contributed by atoms with Crippen LogP contribution in [0.1, 0.15) is 35.3 Å². The molecule has 3 heteroatoms. The Kier molecular flexibility index (Phi) is 5.11. The topological polar surface area (TPSA) is 52.9 Å². The van der Waals surface area contributed by atoms with Gasteiger partial charge in [0.2, 0.25) is 0 Å². The van der Waals surface area contributed by atoms with Gasteiger partial charge in [-0.1, -0.05) is 44.2 Å². The fraction of sp³-hybridized carbons (Fsp3) is 0.158. The summed E-state index contributed by atoms with van der Waals surface area (Å²) in [5, 5.41) is 11.7. The Morgan fingerprint density at radius 3 is 2.55 bits per heavy atom. The highest BCUT2D eigenvalue weighted by Gasteiger charge is 2.06. The third-order valence-corrected chi connectivity index (χ3v) is 3.10. The molecule has 0 aliphatic heterocycles. The molecule has 2 aromatic carbocycles. The van der Waals surface area contributed by atoms with Crippen LogP contribution < -0.4 is 5.32 Å². The van der Waals surface area contributed by atoms with Gasteiger partial charge in [0, 0.05) is 11.3 Å². The van der Waals surface area contributed by atoms with Crippen molar-refractivity contribution in [1.29, 1.82) is 5.26 Å². The summed E-state index contributed by atoms with van der Waals surface area (Å²) in [5.74, 6) is 0.310. The Morgan fingerprint density at radius 2 is 1.91 bits per heavy atom. The second kappa shape index (κ2) is 7.24. The van der Waals surface area contributed by atoms with Gasteiger partial charge in [-0.05, 0) is 41.8 Å². The number of amides is 1. The molecule has 2 rings (SSSR count). The predicted octanol–water partition coefficient (Wildman–Crippen LogP) is 4.48. The lowest BCUT2D eigenvalue weighted by Crippen LogP contribution is -2.11. The molecule has 0 heterocycles. The molecule has 0 atom stereocenters. The molecule has 1 amide bonds. The number of nitrogens with zero attached hydrogens (tertiary/aromatic N) is 1. The van der Waals surface area contributed by atoms with Gasteiger partial charge in [0.25, 0.3) is 5.91 Å². The van der Waals surface area contributed by atoms with Crippen LogP contribution in [0.3, 0.4) is 0 Å². The van der Waals surface area contributed by atoms with Crippen molar-refractivity contribution < 1.29 is 4.79 Å². The Hall–Kier alpha value is -2.86. The summed E-state index contributed by atoms with van der Waals surface area (Å²) in [7, 11) is 0. The first-order valence-electron chi connectivity index (χ1n) is 7.18. The van der Waals surface area contributed by atoms with E-state index in [4.69, 9.17) is 5.26 Å². The molecule has 0 aromatic heterocycles. The Bertz CT molecular complexity index is 722. The average molecular weight is 290 g/mol. The number of benzene rings is 2. The maximum Gasteiger partial charge on any atom is 0.255 e. The zero-order valence-corrected chi connectivity index (χ0v) is 12.7. The molecule has 2 aromatic rings. The molecule has 0 saturated heterocycles. The maximum absolute atomic E-state index is 12.2. The molecule has 110 valence electrons. The van der Waals surface area contributed by atoms with E-state index in [2.05, 4.69) is 31.3 Å². The molecule has 1 N–H and O–H groups in total. The first kappa shape index (κ1) is 15.5. The van der Waals surface area contributed by atoms with E-state index in [1.54, 1.807) is 36.4 Å². The molecule has 0 aliphatic rings. The van der Waals surface area contributed by atoms with Gasteiger partial charge >= 0.3 is 0 Å². The molecule has 0 saturated carbocycles. The number of nitriles is 1. The highest BCUT2D eigenvalue weighted by Crippen LogP contribution is 2.13. The van der Waals surface area contributed by atoms with E-state index in [1.165, 1.54) is 0 Å². The molecular weight excluding hydrogens is 272 g/mol. The molecule has 0 unspecified atom stereocenters. The minimum Gasteiger partial charge on any atom is -0.322 e. The normalized spacial score (nSPS) is 10.6. The number of allylic oxidation sites excluding steroid dienone is 1. The summed E-state index contributed by atoms with van der Waals surface area (Å²) >= 11 is 0. The van der Waals surface area contributed by atoms with Crippen molar-refractivity contribution in [3.8, 4) is 6.07 Å². The number of hydrogen-bond acceptors (Lipinski definition) is 2. The third-order valence-electron chi connectivity index (χ3n) is 3.10. The van der Waals surface area contributed by atoms with Gasteiger partial charge in [-0.25, -0.2) is 0 Å². The number of nitrogens with one attached hydrogen (secondary N) is 1. The maximum atomic E-state index is 12.2. The molecule has 3 nitrogen and oxygen atoms in total. The van der Waals surface area contributed by atoms with E-state index < -0.39 is 0 Å². The van der Waals surface area contributed by atoms with Crippen LogP contribution in [0, 0.1) is 17.2 Å². The van der Waals surface area contributed by atoms with Crippen molar-refractivity contribution in [2.75, 3.05) is 5.32 Å². The van der Waals surface area contributed by atoms with Crippen LogP contribution in [0.5, 0.6) is 0 Å². The van der Waals surface area contributed by atoms with E-state index in [0.29, 0.717) is 22.7 Å². The van der Waals surface area contributed by atoms with Crippen LogP contribution in [0.2, 0.25) is 0 Å². The van der Waals surface area contributed by atoms with Crippen LogP contribution in [0.25, 0.3) is 6.08 Å². The summed E-state index contributed by atoms with van der Waals surface area (Å²) in [6.07, 6.45) is 4.16. The predicted molar refractivity (Wildman–Crippen MR) is 89.4 cm³/mol. The number of anilines is 1. The average Bonchev–Trinajstić information content (AvgIpc) is 2.53. The fourth-order valence-electron chi connectivity index (χ4n) is 1.92. The van der Waals surface area contributed by atoms with E-state index >= 15 is 0 Å². The number of carbonyl (C=O) groups is 1. The van der Waals surface area contributed by atoms with Gasteiger partial charge in [0.05, 0.1) is 11.6 Å². The van der Waals surface area contributed by atoms with Crippen LogP contribution in [-0.2, 0) is 0 Å². The molecule has 0 fully saturated rings. The van der Waals surface area contributed by atoms with E-state index in [1.807, 2.05) is 18.2 Å². The van der Waals surface area contributed by atoms with Crippen molar-refractivity contribution in [2.24, 2.45) is 5.92 Å². The zero-order chi connectivity index (χ0) is 15.9. The van der Waals surface area contributed by atoms with Crippen molar-refractivity contribution in [2.45, 2.75) is 13.8 Å². The van der Waals surface area contributed by atoms with Gasteiger partial charge < -0.3 is 5.32 Å². The van der Waals surface area contributed by atoms with Gasteiger partial charge in [-0.2, -0.15) is 5.26 Å². The van der Waals surface area contributed by atoms with Gasteiger partial charge in [0.1, 0.15) is 0 Å². The Balaban J connectivity index is 2.08. The van der Waals surface area contributed by atoms with Crippen molar-refractivity contribution in [1.82, 2.24) is 0 Å². The summed E-state index contributed by atoms with van der Waals surface area (Å²) in [5.41, 5.74) is 2.79. The molecule has 0 radical (unpaired) electrons. The van der Waals surface area contributed by atoms with Crippen LogP contribution in [-0.4, -0.2) is 5.91 Å². The minimum atomic E-state index is -0.186. The summed E-state index contributed by atoms with van der Waals surface area (Å²) in [4.78, 5) is 12.2. The highest BCUT2D eigenvalue weighted by molar-refractivity contribution is 6.04. The lowest BCUT2D eigenvalue weighted by atomic mass is 10.1. The Morgan fingerprint density at radius 1 is 1.18 bits per heavy atom. The second-order valence-corrected chi connectivity index (χ2v) is 5.37. The van der Waals surface area contributed by atoms with E-state index in [0.717, 1.165) is 5.56 Å². The molecule has 22 heavy (non-hydrogen) atoms. The Labute approximate surface area is 130 Å². The number of carbonyl (C=O) groups excluding carboxylic acids is 1. The van der Waals surface area contributed by atoms with Crippen molar-refractivity contribution in [3.63, 3.8) is 0 Å². The molecule has 0 aliphatic carbocycles. The highest BCUT2D eigenvalue weighted by atomic mass is 16.1. The van der Waals surface area contributed by atoms with Gasteiger partial charge in [-0.15, -0.1) is 0 Å². The minimum absolute atomic E-state index is 0.186. The van der Waals surface area contributed by atoms with Crippen LogP contribution in [0.15, 0.2) is 54.6 Å². The van der Waals surface area contributed by atoms with Gasteiger partial charge in [-0.3, -0.25) is 4.79 Å². The first-order valence-corrected chi connectivity index (χ1v) is 7.18. The smallest absolute Gasteiger partial charge is 0.255 e. The third kappa shape index (κ3) is 4.32. The second-order valence-electron chi connectivity index (χ2n) is 5.37. The van der Waals surface area contributed by atoms with E-state index in [9.17, 15) is 4.79 Å². The number of hydrogen-bond donors (Lipinski definition) is 1. The lowest BCUT2D eigenvalue weighted by molar-refractivity contribution is 0.102. The first-order chi connectivity index (χ1) is 10.6. The zero-order valence-electron chi connectivity index (χ0n) is 12.7. The lowest BCUT2D eigenvalue weighted by Gasteiger charge is -2.06. The quantitative estimate of drug-likeness (QED) is 0.902. The van der Waals surface area contributed by atoms with Crippen LogP contribution in [0.4, 0.5) is 5.69 Å². The standard InChI is InChI=1S/C19H18N2O/c1-14(2)6-7-15-8-10-17(11-9-15)19(22)21-18-5-3-4-16(12-18)13-20/h3-12,14H,1-2H3,(H,21,22). The van der Waals surface area contributed by atoms with Crippen LogP contribution >= 0.6 is 0 Å². The summed E-state index contributed by atoms with van der Waals surface area (Å²) < 4.78 is 0. The fourth-order valence-corrected chi connectivity index (χ4v) is 1.92. The summed E-state index contributed by atoms with van der Waals surface area (Å²) in [6, 6.07) is 16.3. The number of rotatable bonds is 4. The van der Waals surface area contributed by atoms with E-state index in [-0.39, 0.29) is 5.91 Å². The van der Waals surface area contributed by atoms with Crippen molar-refractivity contribution in [3.05, 3.63) is 71.3 Å². The largest absolute Gasteiger partial charge is 0.322 e. The summed E-state index contributed by atoms with van der Waals surface area (Å²) in [6.45, 7) is 4.24.